The van der Waals surface area contributed by atoms with Gasteiger partial charge in [0.05, 0.1) is 20.0 Å². The number of halogens is 3. The van der Waals surface area contributed by atoms with Crippen molar-refractivity contribution in [3.63, 3.8) is 0 Å². The van der Waals surface area contributed by atoms with Gasteiger partial charge in [-0.15, -0.1) is 17.9 Å². The lowest BCUT2D eigenvalue weighted by atomic mass is 9.87. The van der Waals surface area contributed by atoms with Gasteiger partial charge in [-0.3, -0.25) is 0 Å². The Balaban J connectivity index is 1.99. The third-order valence-electron chi connectivity index (χ3n) is 4.95. The van der Waals surface area contributed by atoms with E-state index in [-0.39, 0.29) is 11.5 Å². The van der Waals surface area contributed by atoms with E-state index < -0.39 is 22.7 Å². The molecule has 0 spiro atoms. The van der Waals surface area contributed by atoms with Crippen molar-refractivity contribution in [1.82, 2.24) is 0 Å². The number of ether oxygens (including phenoxy) is 2. The van der Waals surface area contributed by atoms with Crippen molar-refractivity contribution in [2.24, 2.45) is 5.14 Å². The van der Waals surface area contributed by atoms with Crippen molar-refractivity contribution in [3.8, 4) is 22.6 Å². The predicted octanol–water partition coefficient (Wildman–Crippen LogP) is 5.78. The first-order valence-corrected chi connectivity index (χ1v) is 12.8. The Morgan fingerprint density at radius 1 is 1.25 bits per heavy atom. The molecule has 2 heterocycles. The van der Waals surface area contributed by atoms with Crippen molar-refractivity contribution >= 4 is 37.3 Å². The molecular formula is C22H18BrF2NO4S2. The summed E-state index contributed by atoms with van der Waals surface area (Å²) < 4.78 is 61.8. The first-order valence-electron chi connectivity index (χ1n) is 9.43. The van der Waals surface area contributed by atoms with Gasteiger partial charge in [0.15, 0.2) is 6.10 Å². The number of primary sulfonamides is 1. The van der Waals surface area contributed by atoms with Gasteiger partial charge in [0.1, 0.15) is 11.5 Å². The first-order chi connectivity index (χ1) is 15.2. The van der Waals surface area contributed by atoms with E-state index in [0.717, 1.165) is 8.66 Å². The number of rotatable bonds is 7. The first kappa shape index (κ1) is 22.9. The average Bonchev–Trinajstić information content (AvgIpc) is 3.13. The maximum absolute atomic E-state index is 13.1. The zero-order valence-electron chi connectivity index (χ0n) is 16.6. The van der Waals surface area contributed by atoms with E-state index in [0.29, 0.717) is 40.0 Å². The van der Waals surface area contributed by atoms with Gasteiger partial charge in [0.25, 0.3) is 0 Å². The molecular weight excluding hydrogens is 524 g/mol. The summed E-state index contributed by atoms with van der Waals surface area (Å²) >= 11 is 4.91. The van der Waals surface area contributed by atoms with Crippen LogP contribution < -0.4 is 14.6 Å². The molecule has 0 aliphatic carbocycles. The zero-order valence-corrected chi connectivity index (χ0v) is 19.8. The Labute approximate surface area is 196 Å². The highest BCUT2D eigenvalue weighted by Crippen LogP contribution is 2.51. The van der Waals surface area contributed by atoms with E-state index in [1.54, 1.807) is 30.3 Å². The number of allylic oxidation sites excluding steroid dienone is 1. The fourth-order valence-corrected chi connectivity index (χ4v) is 5.95. The molecule has 4 rings (SSSR count). The molecule has 1 unspecified atom stereocenters. The Bertz CT molecular complexity index is 1290. The van der Waals surface area contributed by atoms with E-state index >= 15 is 0 Å². The maximum atomic E-state index is 13.1. The molecule has 0 amide bonds. The molecule has 32 heavy (non-hydrogen) atoms. The Hall–Kier alpha value is -2.27. The van der Waals surface area contributed by atoms with Crippen LogP contribution in [0, 0.1) is 0 Å². The van der Waals surface area contributed by atoms with Crippen LogP contribution in [0.2, 0.25) is 0 Å². The molecule has 3 aromatic rings. The van der Waals surface area contributed by atoms with E-state index in [4.69, 9.17) is 14.6 Å². The molecule has 1 aromatic heterocycles. The standard InChI is InChI=1S/C22H18BrF2NO4S2/c1-2-4-12-9-14-15(10-13(12)11-32(26,27)28)21(18-7-8-19(23)31-18)29-16-5-3-6-17(20(14)16)30-22(24)25/h2-3,5-10,21-22H,1,4,11H2,(H2,26,27,28). The van der Waals surface area contributed by atoms with Crippen LogP contribution in [-0.4, -0.2) is 15.0 Å². The number of nitrogens with two attached hydrogens (primary N) is 1. The second-order valence-corrected chi connectivity index (χ2v) is 11.3. The summed E-state index contributed by atoms with van der Waals surface area (Å²) in [6, 6.07) is 12.0. The molecule has 10 heteroatoms. The predicted molar refractivity (Wildman–Crippen MR) is 124 cm³/mol. The second-order valence-electron chi connectivity index (χ2n) is 7.16. The summed E-state index contributed by atoms with van der Waals surface area (Å²) in [5.74, 6) is 0.00836. The smallest absolute Gasteiger partial charge is 0.387 e. The molecule has 0 bridgehead atoms. The lowest BCUT2D eigenvalue weighted by Crippen LogP contribution is -2.19. The van der Waals surface area contributed by atoms with Gasteiger partial charge in [0, 0.05) is 5.56 Å². The number of fused-ring (bicyclic) bond motifs is 3. The lowest BCUT2D eigenvalue weighted by molar-refractivity contribution is -0.0496. The van der Waals surface area contributed by atoms with Gasteiger partial charge >= 0.3 is 6.61 Å². The summed E-state index contributed by atoms with van der Waals surface area (Å²) in [7, 11) is -3.81. The van der Waals surface area contributed by atoms with Crippen LogP contribution in [-0.2, 0) is 22.2 Å². The van der Waals surface area contributed by atoms with Crippen molar-refractivity contribution in [2.75, 3.05) is 0 Å². The zero-order chi connectivity index (χ0) is 23.0. The number of hydrogen-bond acceptors (Lipinski definition) is 5. The Kier molecular flexibility index (Phi) is 6.39. The minimum Gasteiger partial charge on any atom is -0.479 e. The van der Waals surface area contributed by atoms with Gasteiger partial charge in [-0.05, 0) is 75.4 Å². The van der Waals surface area contributed by atoms with Gasteiger partial charge < -0.3 is 9.47 Å². The van der Waals surface area contributed by atoms with Crippen molar-refractivity contribution < 1.29 is 26.7 Å². The third-order valence-corrected chi connectivity index (χ3v) is 7.33. The number of sulfonamides is 1. The van der Waals surface area contributed by atoms with E-state index in [2.05, 4.69) is 22.5 Å². The normalized spacial score (nSPS) is 15.1. The summed E-state index contributed by atoms with van der Waals surface area (Å²) in [6.07, 6.45) is 1.46. The minimum absolute atomic E-state index is 0.0201. The van der Waals surface area contributed by atoms with Crippen LogP contribution in [0.1, 0.15) is 27.7 Å². The van der Waals surface area contributed by atoms with Gasteiger partial charge in [-0.25, -0.2) is 13.6 Å². The van der Waals surface area contributed by atoms with Crippen LogP contribution in [0.3, 0.4) is 0 Å². The van der Waals surface area contributed by atoms with Crippen LogP contribution in [0.4, 0.5) is 8.78 Å². The summed E-state index contributed by atoms with van der Waals surface area (Å²) in [5, 5.41) is 5.32. The molecule has 2 N–H and O–H groups in total. The lowest BCUT2D eigenvalue weighted by Gasteiger charge is -2.30. The summed E-state index contributed by atoms with van der Waals surface area (Å²) in [6.45, 7) is 0.730. The molecule has 5 nitrogen and oxygen atoms in total. The number of hydrogen-bond donors (Lipinski definition) is 1. The quantitative estimate of drug-likeness (QED) is 0.384. The highest BCUT2D eigenvalue weighted by atomic mass is 79.9. The summed E-state index contributed by atoms with van der Waals surface area (Å²) in [5.41, 5.74) is 2.85. The molecule has 2 aromatic carbocycles. The Morgan fingerprint density at radius 3 is 2.66 bits per heavy atom. The fraction of sp³-hybridized carbons (Fsp3) is 0.182. The maximum Gasteiger partial charge on any atom is 0.387 e. The number of thiophene rings is 1. The highest BCUT2D eigenvalue weighted by molar-refractivity contribution is 9.11. The van der Waals surface area contributed by atoms with Crippen LogP contribution in [0.15, 0.2) is 58.9 Å². The monoisotopic (exact) mass is 541 g/mol. The molecule has 0 saturated carbocycles. The molecule has 0 fully saturated rings. The fourth-order valence-electron chi connectivity index (χ4n) is 3.78. The van der Waals surface area contributed by atoms with Crippen LogP contribution >= 0.6 is 27.3 Å². The molecule has 168 valence electrons. The molecule has 0 radical (unpaired) electrons. The van der Waals surface area contributed by atoms with E-state index in [9.17, 15) is 17.2 Å². The molecule has 1 aliphatic heterocycles. The SMILES string of the molecule is C=CCc1cc2c(cc1CS(N)(=O)=O)C(c1ccc(Br)s1)Oc1cccc(OC(F)F)c1-2. The number of benzene rings is 2. The Morgan fingerprint density at radius 2 is 2.03 bits per heavy atom. The average molecular weight is 542 g/mol. The summed E-state index contributed by atoms with van der Waals surface area (Å²) in [4.78, 5) is 0.863. The number of alkyl halides is 2. The molecule has 1 aliphatic rings. The van der Waals surface area contributed by atoms with Gasteiger partial charge in [-0.2, -0.15) is 8.78 Å². The highest BCUT2D eigenvalue weighted by Gasteiger charge is 2.32. The minimum atomic E-state index is -3.81. The van der Waals surface area contributed by atoms with Gasteiger partial charge in [-0.1, -0.05) is 12.1 Å². The van der Waals surface area contributed by atoms with Crippen molar-refractivity contribution in [3.05, 3.63) is 80.5 Å². The van der Waals surface area contributed by atoms with E-state index in [1.807, 2.05) is 12.1 Å². The van der Waals surface area contributed by atoms with Crippen molar-refractivity contribution in [2.45, 2.75) is 24.9 Å². The van der Waals surface area contributed by atoms with Crippen molar-refractivity contribution in [1.29, 1.82) is 0 Å². The van der Waals surface area contributed by atoms with E-state index in [1.165, 1.54) is 17.4 Å². The largest absolute Gasteiger partial charge is 0.479 e. The molecule has 0 saturated heterocycles. The molecule has 1 atom stereocenters. The third kappa shape index (κ3) is 4.73. The second kappa shape index (κ2) is 8.93. The van der Waals surface area contributed by atoms with Crippen LogP contribution in [0.25, 0.3) is 11.1 Å². The van der Waals surface area contributed by atoms with Gasteiger partial charge in [0.2, 0.25) is 10.0 Å². The van der Waals surface area contributed by atoms with Crippen LogP contribution in [0.5, 0.6) is 11.5 Å². The topological polar surface area (TPSA) is 78.6 Å².